The highest BCUT2D eigenvalue weighted by Gasteiger charge is 2.27. The first-order valence-corrected chi connectivity index (χ1v) is 6.72. The lowest BCUT2D eigenvalue weighted by Gasteiger charge is -2.20. The average molecular weight is 261 g/mol. The van der Waals surface area contributed by atoms with Crippen LogP contribution in [0.4, 0.5) is 11.8 Å². The Hall–Kier alpha value is -1.89. The van der Waals surface area contributed by atoms with Crippen molar-refractivity contribution in [2.45, 2.75) is 25.8 Å². The Kier molecular flexibility index (Phi) is 3.20. The summed E-state index contributed by atoms with van der Waals surface area (Å²) in [5, 5.41) is 11.0. The fourth-order valence-corrected chi connectivity index (χ4v) is 2.34. The summed E-state index contributed by atoms with van der Waals surface area (Å²) in [6.45, 7) is 5.17. The van der Waals surface area contributed by atoms with E-state index in [9.17, 15) is 0 Å². The number of hydrogen-bond acceptors (Lipinski definition) is 6. The maximum absolute atomic E-state index is 5.68. The van der Waals surface area contributed by atoms with Crippen LogP contribution in [0.3, 0.4) is 0 Å². The van der Waals surface area contributed by atoms with Crippen LogP contribution in [0, 0.1) is 0 Å². The van der Waals surface area contributed by atoms with E-state index in [0.717, 1.165) is 36.9 Å². The van der Waals surface area contributed by atoms with Crippen molar-refractivity contribution in [2.24, 2.45) is 0 Å². The van der Waals surface area contributed by atoms with Gasteiger partial charge in [-0.2, -0.15) is 15.1 Å². The van der Waals surface area contributed by atoms with Crippen molar-refractivity contribution in [1.29, 1.82) is 0 Å². The summed E-state index contributed by atoms with van der Waals surface area (Å²) in [5.41, 5.74) is 6.35. The molecular weight excluding hydrogens is 242 g/mol. The number of fused-ring (bicyclic) bond motifs is 1. The van der Waals surface area contributed by atoms with Gasteiger partial charge in [-0.15, -0.1) is 0 Å². The summed E-state index contributed by atoms with van der Waals surface area (Å²) in [4.78, 5) is 10.8. The molecule has 2 heterocycles. The molecule has 0 unspecified atom stereocenters. The number of likely N-dealkylation sites (N-methyl/N-ethyl adjacent to an activating group) is 1. The van der Waals surface area contributed by atoms with Crippen molar-refractivity contribution >= 4 is 22.8 Å². The molecule has 0 saturated heterocycles. The van der Waals surface area contributed by atoms with Gasteiger partial charge < -0.3 is 11.1 Å². The van der Waals surface area contributed by atoms with Gasteiger partial charge in [-0.05, 0) is 19.4 Å². The van der Waals surface area contributed by atoms with Gasteiger partial charge in [0.2, 0.25) is 5.95 Å². The van der Waals surface area contributed by atoms with Gasteiger partial charge in [-0.1, -0.05) is 6.92 Å². The highest BCUT2D eigenvalue weighted by atomic mass is 15.2. The monoisotopic (exact) mass is 261 g/mol. The number of anilines is 2. The van der Waals surface area contributed by atoms with Crippen LogP contribution < -0.4 is 11.1 Å². The summed E-state index contributed by atoms with van der Waals surface area (Å²) >= 11 is 0. The van der Waals surface area contributed by atoms with E-state index >= 15 is 0 Å². The molecular formula is C12H19N7. The Morgan fingerprint density at radius 2 is 2.32 bits per heavy atom. The van der Waals surface area contributed by atoms with Gasteiger partial charge in [-0.25, -0.2) is 0 Å². The van der Waals surface area contributed by atoms with Crippen LogP contribution in [0.5, 0.6) is 0 Å². The fraction of sp³-hybridized carbons (Fsp3) is 0.583. The molecule has 1 saturated carbocycles. The number of nitrogens with one attached hydrogen (secondary N) is 2. The van der Waals surface area contributed by atoms with Crippen molar-refractivity contribution in [1.82, 2.24) is 25.1 Å². The predicted molar refractivity (Wildman–Crippen MR) is 74.9 cm³/mol. The van der Waals surface area contributed by atoms with Crippen molar-refractivity contribution < 1.29 is 0 Å². The molecule has 3 rings (SSSR count). The van der Waals surface area contributed by atoms with Gasteiger partial charge >= 0.3 is 0 Å². The number of nitrogen functional groups attached to an aromatic ring is 1. The first kappa shape index (κ1) is 12.2. The molecule has 4 N–H and O–H groups in total. The SMILES string of the molecule is CCN(CCNc1nc(N)nc2[nH]ncc12)C1CC1. The molecule has 2 aromatic rings. The Morgan fingerprint density at radius 1 is 1.47 bits per heavy atom. The molecule has 102 valence electrons. The summed E-state index contributed by atoms with van der Waals surface area (Å²) in [6, 6.07) is 0.788. The van der Waals surface area contributed by atoms with Gasteiger partial charge in [0.1, 0.15) is 5.82 Å². The average Bonchev–Trinajstić information content (AvgIpc) is 3.12. The third-order valence-electron chi connectivity index (χ3n) is 3.49. The minimum absolute atomic E-state index is 0.258. The van der Waals surface area contributed by atoms with Gasteiger partial charge in [0.15, 0.2) is 5.65 Å². The van der Waals surface area contributed by atoms with Crippen LogP contribution in [0.25, 0.3) is 11.0 Å². The summed E-state index contributed by atoms with van der Waals surface area (Å²) < 4.78 is 0. The maximum Gasteiger partial charge on any atom is 0.224 e. The zero-order valence-corrected chi connectivity index (χ0v) is 11.1. The van der Waals surface area contributed by atoms with Crippen molar-refractivity contribution in [3.8, 4) is 0 Å². The number of nitrogens with zero attached hydrogens (tertiary/aromatic N) is 4. The van der Waals surface area contributed by atoms with Crippen LogP contribution in [-0.4, -0.2) is 50.7 Å². The highest BCUT2D eigenvalue weighted by Crippen LogP contribution is 2.26. The second-order valence-corrected chi connectivity index (χ2v) is 4.85. The highest BCUT2D eigenvalue weighted by molar-refractivity contribution is 5.86. The van der Waals surface area contributed by atoms with E-state index < -0.39 is 0 Å². The number of hydrogen-bond donors (Lipinski definition) is 3. The largest absolute Gasteiger partial charge is 0.368 e. The Morgan fingerprint density at radius 3 is 3.05 bits per heavy atom. The van der Waals surface area contributed by atoms with E-state index in [4.69, 9.17) is 5.73 Å². The van der Waals surface area contributed by atoms with E-state index in [1.807, 2.05) is 0 Å². The van der Waals surface area contributed by atoms with Crippen LogP contribution >= 0.6 is 0 Å². The third kappa shape index (κ3) is 2.60. The topological polar surface area (TPSA) is 95.7 Å². The van der Waals surface area contributed by atoms with Crippen LogP contribution in [0.1, 0.15) is 19.8 Å². The number of nitrogens with two attached hydrogens (primary N) is 1. The van der Waals surface area contributed by atoms with Crippen LogP contribution in [0.2, 0.25) is 0 Å². The van der Waals surface area contributed by atoms with E-state index in [2.05, 4.69) is 37.3 Å². The molecule has 2 aromatic heterocycles. The number of aromatic nitrogens is 4. The van der Waals surface area contributed by atoms with Crippen molar-refractivity contribution in [2.75, 3.05) is 30.7 Å². The smallest absolute Gasteiger partial charge is 0.224 e. The normalized spacial score (nSPS) is 15.3. The molecule has 0 atom stereocenters. The van der Waals surface area contributed by atoms with E-state index in [-0.39, 0.29) is 5.95 Å². The number of rotatable bonds is 6. The lowest BCUT2D eigenvalue weighted by atomic mass is 10.4. The number of aromatic amines is 1. The summed E-state index contributed by atoms with van der Waals surface area (Å²) in [5.74, 6) is 1.01. The molecule has 19 heavy (non-hydrogen) atoms. The van der Waals surface area contributed by atoms with E-state index in [0.29, 0.717) is 5.65 Å². The van der Waals surface area contributed by atoms with Gasteiger partial charge in [0.25, 0.3) is 0 Å². The molecule has 0 radical (unpaired) electrons. The Labute approximate surface area is 111 Å². The van der Waals surface area contributed by atoms with Crippen LogP contribution in [-0.2, 0) is 0 Å². The summed E-state index contributed by atoms with van der Waals surface area (Å²) in [7, 11) is 0. The molecule has 1 aliphatic carbocycles. The maximum atomic E-state index is 5.68. The van der Waals surface area contributed by atoms with Gasteiger partial charge in [0, 0.05) is 19.1 Å². The van der Waals surface area contributed by atoms with Crippen LogP contribution in [0.15, 0.2) is 6.20 Å². The zero-order chi connectivity index (χ0) is 13.2. The molecule has 0 amide bonds. The molecule has 1 fully saturated rings. The molecule has 7 heteroatoms. The third-order valence-corrected chi connectivity index (χ3v) is 3.49. The Balaban J connectivity index is 1.66. The lowest BCUT2D eigenvalue weighted by molar-refractivity contribution is 0.289. The minimum atomic E-state index is 0.258. The standard InChI is InChI=1S/C12H19N7/c1-2-19(8-3-4-8)6-5-14-10-9-7-15-18-11(9)17-12(13)16-10/h7-8H,2-6H2,1H3,(H4,13,14,15,16,17,18). The second-order valence-electron chi connectivity index (χ2n) is 4.85. The minimum Gasteiger partial charge on any atom is -0.368 e. The second kappa shape index (κ2) is 5.00. The quantitative estimate of drug-likeness (QED) is 0.713. The van der Waals surface area contributed by atoms with E-state index in [1.165, 1.54) is 12.8 Å². The summed E-state index contributed by atoms with van der Waals surface area (Å²) in [6.07, 6.45) is 4.39. The fourth-order valence-electron chi connectivity index (χ4n) is 2.34. The van der Waals surface area contributed by atoms with Gasteiger partial charge in [0.05, 0.1) is 11.6 Å². The predicted octanol–water partition coefficient (Wildman–Crippen LogP) is 0.831. The molecule has 1 aliphatic rings. The first-order valence-electron chi connectivity index (χ1n) is 6.72. The van der Waals surface area contributed by atoms with Gasteiger partial charge in [-0.3, -0.25) is 10.00 Å². The molecule has 0 bridgehead atoms. The molecule has 0 aliphatic heterocycles. The number of H-pyrrole nitrogens is 1. The lowest BCUT2D eigenvalue weighted by Crippen LogP contribution is -2.31. The Bertz CT molecular complexity index is 560. The van der Waals surface area contributed by atoms with Crippen molar-refractivity contribution in [3.05, 3.63) is 6.20 Å². The molecule has 0 spiro atoms. The molecule has 7 nitrogen and oxygen atoms in total. The van der Waals surface area contributed by atoms with Crippen molar-refractivity contribution in [3.63, 3.8) is 0 Å². The zero-order valence-electron chi connectivity index (χ0n) is 11.1. The first-order chi connectivity index (χ1) is 9.28. The molecule has 0 aromatic carbocycles. The van der Waals surface area contributed by atoms with E-state index in [1.54, 1.807) is 6.20 Å².